The van der Waals surface area contributed by atoms with Crippen molar-refractivity contribution in [2.45, 2.75) is 39.5 Å². The van der Waals surface area contributed by atoms with Gasteiger partial charge in [-0.1, -0.05) is 18.2 Å². The van der Waals surface area contributed by atoms with E-state index in [-0.39, 0.29) is 11.6 Å². The Morgan fingerprint density at radius 2 is 1.98 bits per heavy atom. The lowest BCUT2D eigenvalue weighted by Crippen LogP contribution is -2.38. The minimum atomic E-state index is -0.573. The van der Waals surface area contributed by atoms with Crippen LogP contribution in [0.5, 0.6) is 5.75 Å². The normalized spacial score (nSPS) is 13.0. The fourth-order valence-electron chi connectivity index (χ4n) is 5.11. The maximum absolute atomic E-state index is 15.3. The minimum absolute atomic E-state index is 0.186. The molecule has 12 heteroatoms. The number of likely N-dealkylation sites (N-methyl/N-ethyl adjacent to an activating group) is 2. The molecular weight excluding hydrogens is 553 g/mol. The second kappa shape index (κ2) is 12.0. The molecule has 43 heavy (non-hydrogen) atoms. The highest BCUT2D eigenvalue weighted by Crippen LogP contribution is 2.39. The lowest BCUT2D eigenvalue weighted by Gasteiger charge is -2.28. The van der Waals surface area contributed by atoms with Crippen LogP contribution in [0.3, 0.4) is 0 Å². The number of anilines is 4. The zero-order chi connectivity index (χ0) is 30.9. The van der Waals surface area contributed by atoms with E-state index in [2.05, 4.69) is 19.9 Å². The number of fused-ring (bicyclic) bond motifs is 3. The average molecular weight is 592 g/mol. The van der Waals surface area contributed by atoms with Gasteiger partial charge in [0, 0.05) is 56.3 Å². The molecule has 0 saturated carbocycles. The quantitative estimate of drug-likeness (QED) is 0.259. The summed E-state index contributed by atoms with van der Waals surface area (Å²) in [6.07, 6.45) is 0.762. The molecule has 228 valence electrons. The number of ether oxygens (including phenoxy) is 3. The Bertz CT molecular complexity index is 1650. The van der Waals surface area contributed by atoms with Crippen molar-refractivity contribution in [3.05, 3.63) is 54.1 Å². The van der Waals surface area contributed by atoms with Crippen LogP contribution in [0.15, 0.2) is 42.6 Å². The van der Waals surface area contributed by atoms with Gasteiger partial charge in [0.25, 0.3) is 0 Å². The van der Waals surface area contributed by atoms with Crippen LogP contribution in [-0.4, -0.2) is 72.0 Å². The van der Waals surface area contributed by atoms with E-state index in [0.717, 1.165) is 22.8 Å². The Morgan fingerprint density at radius 3 is 2.72 bits per heavy atom. The second-order valence-electron chi connectivity index (χ2n) is 11.5. The summed E-state index contributed by atoms with van der Waals surface area (Å²) in [5.41, 5.74) is 10.4. The van der Waals surface area contributed by atoms with E-state index in [1.54, 1.807) is 26.3 Å². The zero-order valence-corrected chi connectivity index (χ0v) is 25.4. The predicted octanol–water partition coefficient (Wildman–Crippen LogP) is 5.41. The maximum atomic E-state index is 15.3. The molecule has 0 radical (unpaired) electrons. The van der Waals surface area contributed by atoms with Crippen LogP contribution in [0.2, 0.25) is 0 Å². The number of benzene rings is 2. The number of halogens is 1. The van der Waals surface area contributed by atoms with Gasteiger partial charge in [-0.3, -0.25) is 0 Å². The van der Waals surface area contributed by atoms with Crippen LogP contribution >= 0.6 is 0 Å². The molecule has 11 nitrogen and oxygen atoms in total. The van der Waals surface area contributed by atoms with Crippen molar-refractivity contribution in [2.75, 3.05) is 56.9 Å². The topological polar surface area (TPSA) is 120 Å². The molecule has 3 heterocycles. The van der Waals surface area contributed by atoms with Gasteiger partial charge in [0.15, 0.2) is 5.82 Å². The van der Waals surface area contributed by atoms with Crippen LogP contribution in [0, 0.1) is 5.82 Å². The van der Waals surface area contributed by atoms with Gasteiger partial charge in [0.05, 0.1) is 49.3 Å². The number of nitrogens with two attached hydrogens (primary N) is 1. The number of nitrogen functional groups attached to an aromatic ring is 1. The molecule has 1 aliphatic rings. The molecule has 2 aromatic carbocycles. The third-order valence-corrected chi connectivity index (χ3v) is 7.24. The molecule has 3 N–H and O–H groups in total. The van der Waals surface area contributed by atoms with Gasteiger partial charge in [0.1, 0.15) is 17.0 Å². The first-order valence-corrected chi connectivity index (χ1v) is 14.1. The largest absolute Gasteiger partial charge is 0.494 e. The van der Waals surface area contributed by atoms with Gasteiger partial charge in [-0.2, -0.15) is 0 Å². The number of rotatable bonds is 8. The van der Waals surface area contributed by atoms with E-state index in [1.165, 1.54) is 4.90 Å². The molecule has 0 saturated heterocycles. The van der Waals surface area contributed by atoms with Gasteiger partial charge in [-0.25, -0.2) is 19.2 Å². The fourth-order valence-corrected chi connectivity index (χ4v) is 5.11. The molecule has 1 amide bonds. The molecular formula is C31H38FN7O4. The number of carbonyl (C=O) groups excluding carboxylic acids is 1. The third-order valence-electron chi connectivity index (χ3n) is 7.24. The van der Waals surface area contributed by atoms with Crippen molar-refractivity contribution in [3.63, 3.8) is 0 Å². The van der Waals surface area contributed by atoms with Gasteiger partial charge in [-0.15, -0.1) is 0 Å². The zero-order valence-electron chi connectivity index (χ0n) is 25.4. The Labute approximate surface area is 250 Å². The van der Waals surface area contributed by atoms with Crippen molar-refractivity contribution in [1.29, 1.82) is 0 Å². The molecule has 4 aromatic rings. The summed E-state index contributed by atoms with van der Waals surface area (Å²) in [5, 5.41) is 4.06. The first-order chi connectivity index (χ1) is 20.5. The summed E-state index contributed by atoms with van der Waals surface area (Å²) in [7, 11) is 5.12. The highest BCUT2D eigenvalue weighted by Gasteiger charge is 2.25. The Balaban J connectivity index is 1.39. The van der Waals surface area contributed by atoms with Gasteiger partial charge in [-0.05, 0) is 32.9 Å². The average Bonchev–Trinajstić information content (AvgIpc) is 3.30. The standard InChI is InChI=1S/C31H38FN7O4/c1-31(2,3)43-30(40)38(5)12-11-37(4)24-16-26(41-6)22(15-21(24)33)35-29-34-17-20(32)28(36-29)27-19-9-7-8-10-23(19)39-13-14-42-18-25(27)39/h7-10,15-17H,11-14,18,33H2,1-6H3,(H,34,35,36). The van der Waals surface area contributed by atoms with Crippen LogP contribution in [0.4, 0.5) is 32.2 Å². The summed E-state index contributed by atoms with van der Waals surface area (Å²) in [6, 6.07) is 11.4. The number of aromatic nitrogens is 3. The number of methoxy groups -OCH3 is 1. The number of hydrogen-bond donors (Lipinski definition) is 2. The molecule has 0 unspecified atom stereocenters. The van der Waals surface area contributed by atoms with Crippen molar-refractivity contribution >= 4 is 40.0 Å². The number of carbonyl (C=O) groups is 1. The number of amides is 1. The van der Waals surface area contributed by atoms with Crippen molar-refractivity contribution in [2.24, 2.45) is 0 Å². The van der Waals surface area contributed by atoms with Crippen LogP contribution < -0.4 is 20.7 Å². The third kappa shape index (κ3) is 6.29. The van der Waals surface area contributed by atoms with E-state index >= 15 is 4.39 Å². The van der Waals surface area contributed by atoms with Crippen LogP contribution in [0.25, 0.3) is 22.2 Å². The van der Waals surface area contributed by atoms with Crippen molar-refractivity contribution in [3.8, 4) is 17.0 Å². The van der Waals surface area contributed by atoms with E-state index in [0.29, 0.717) is 61.2 Å². The Hall–Kier alpha value is -4.58. The molecule has 0 spiro atoms. The monoisotopic (exact) mass is 591 g/mol. The fraction of sp³-hybridized carbons (Fsp3) is 0.387. The molecule has 0 aliphatic carbocycles. The summed E-state index contributed by atoms with van der Waals surface area (Å²) in [4.78, 5) is 24.6. The SMILES string of the molecule is COc1cc(N(C)CCN(C)C(=O)OC(C)(C)C)c(N)cc1Nc1ncc(F)c(-c2c3n(c4ccccc24)CCOC3)n1. The first-order valence-electron chi connectivity index (χ1n) is 14.1. The predicted molar refractivity (Wildman–Crippen MR) is 165 cm³/mol. The minimum Gasteiger partial charge on any atom is -0.494 e. The van der Waals surface area contributed by atoms with Gasteiger partial charge < -0.3 is 39.6 Å². The highest BCUT2D eigenvalue weighted by molar-refractivity contribution is 5.97. The molecule has 0 fully saturated rings. The molecule has 2 aromatic heterocycles. The van der Waals surface area contributed by atoms with Gasteiger partial charge >= 0.3 is 6.09 Å². The molecule has 0 atom stereocenters. The van der Waals surface area contributed by atoms with Gasteiger partial charge in [0.2, 0.25) is 5.95 Å². The summed E-state index contributed by atoms with van der Waals surface area (Å²) >= 11 is 0. The Kier molecular flexibility index (Phi) is 8.32. The van der Waals surface area contributed by atoms with Crippen molar-refractivity contribution < 1.29 is 23.4 Å². The number of nitrogens with one attached hydrogen (secondary N) is 1. The molecule has 5 rings (SSSR count). The summed E-state index contributed by atoms with van der Waals surface area (Å²) < 4.78 is 34.3. The number of para-hydroxylation sites is 1. The number of nitrogens with zero attached hydrogens (tertiary/aromatic N) is 5. The Morgan fingerprint density at radius 1 is 1.21 bits per heavy atom. The lowest BCUT2D eigenvalue weighted by molar-refractivity contribution is 0.0303. The van der Waals surface area contributed by atoms with E-state index in [4.69, 9.17) is 19.9 Å². The highest BCUT2D eigenvalue weighted by atomic mass is 19.1. The smallest absolute Gasteiger partial charge is 0.410 e. The summed E-state index contributed by atoms with van der Waals surface area (Å²) in [6.45, 7) is 8.05. The van der Waals surface area contributed by atoms with Crippen LogP contribution in [0.1, 0.15) is 26.5 Å². The van der Waals surface area contributed by atoms with E-state index in [1.807, 2.05) is 57.0 Å². The van der Waals surface area contributed by atoms with Crippen LogP contribution in [-0.2, 0) is 22.6 Å². The molecule has 0 bridgehead atoms. The number of hydrogen-bond acceptors (Lipinski definition) is 9. The van der Waals surface area contributed by atoms with E-state index in [9.17, 15) is 4.79 Å². The second-order valence-corrected chi connectivity index (χ2v) is 11.5. The maximum Gasteiger partial charge on any atom is 0.410 e. The first kappa shape index (κ1) is 29.9. The lowest BCUT2D eigenvalue weighted by atomic mass is 10.1. The molecule has 1 aliphatic heterocycles. The van der Waals surface area contributed by atoms with Crippen molar-refractivity contribution in [1.82, 2.24) is 19.4 Å². The summed E-state index contributed by atoms with van der Waals surface area (Å²) in [5.74, 6) is 0.149. The van der Waals surface area contributed by atoms with E-state index < -0.39 is 17.5 Å².